The molecule has 110 valence electrons. The van der Waals surface area contributed by atoms with Crippen LogP contribution < -0.4 is 4.74 Å². The number of nitrogens with zero attached hydrogens (tertiary/aromatic N) is 1. The Balaban J connectivity index is 2.89. The number of ether oxygens (including phenoxy) is 1. The Labute approximate surface area is 119 Å². The number of hydrogen-bond acceptors (Lipinski definition) is 3. The Morgan fingerprint density at radius 2 is 1.80 bits per heavy atom. The molecule has 1 amide bonds. The van der Waals surface area contributed by atoms with Crippen LogP contribution in [0.5, 0.6) is 5.75 Å². The maximum atomic E-state index is 11.7. The second kappa shape index (κ2) is 6.93. The molecular formula is C15H21NO4. The van der Waals surface area contributed by atoms with E-state index in [0.717, 1.165) is 11.3 Å². The maximum Gasteiger partial charge on any atom is 0.308 e. The predicted molar refractivity (Wildman–Crippen MR) is 75.6 cm³/mol. The monoisotopic (exact) mass is 279 g/mol. The van der Waals surface area contributed by atoms with E-state index >= 15 is 0 Å². The maximum absolute atomic E-state index is 11.7. The smallest absolute Gasteiger partial charge is 0.308 e. The van der Waals surface area contributed by atoms with Crippen molar-refractivity contribution in [2.75, 3.05) is 13.7 Å². The van der Waals surface area contributed by atoms with Crippen molar-refractivity contribution < 1.29 is 19.4 Å². The molecule has 1 aromatic carbocycles. The zero-order valence-electron chi connectivity index (χ0n) is 12.3. The Hall–Kier alpha value is -2.04. The number of aliphatic carboxylic acids is 1. The van der Waals surface area contributed by atoms with Gasteiger partial charge in [-0.2, -0.15) is 0 Å². The van der Waals surface area contributed by atoms with Gasteiger partial charge in [0.2, 0.25) is 5.91 Å². The summed E-state index contributed by atoms with van der Waals surface area (Å²) in [5.41, 5.74) is 0.943. The zero-order chi connectivity index (χ0) is 15.3. The molecule has 0 saturated heterocycles. The summed E-state index contributed by atoms with van der Waals surface area (Å²) in [6.45, 7) is 5.13. The molecule has 1 rings (SSSR count). The van der Waals surface area contributed by atoms with E-state index in [2.05, 4.69) is 0 Å². The van der Waals surface area contributed by atoms with Crippen LogP contribution in [0, 0.1) is 5.92 Å². The van der Waals surface area contributed by atoms with Crippen molar-refractivity contribution in [3.63, 3.8) is 0 Å². The van der Waals surface area contributed by atoms with E-state index in [0.29, 0.717) is 0 Å². The average molecular weight is 279 g/mol. The lowest BCUT2D eigenvalue weighted by Gasteiger charge is -2.30. The minimum Gasteiger partial charge on any atom is -0.497 e. The van der Waals surface area contributed by atoms with Gasteiger partial charge in [0, 0.05) is 13.5 Å². The molecular weight excluding hydrogens is 258 g/mol. The molecule has 20 heavy (non-hydrogen) atoms. The van der Waals surface area contributed by atoms with Crippen LogP contribution in [0.2, 0.25) is 0 Å². The minimum absolute atomic E-state index is 0.138. The topological polar surface area (TPSA) is 66.8 Å². The Morgan fingerprint density at radius 3 is 2.20 bits per heavy atom. The van der Waals surface area contributed by atoms with Crippen molar-refractivity contribution in [3.8, 4) is 5.75 Å². The molecule has 0 aliphatic carbocycles. The van der Waals surface area contributed by atoms with Gasteiger partial charge in [0.1, 0.15) is 5.75 Å². The van der Waals surface area contributed by atoms with Crippen LogP contribution in [-0.2, 0) is 9.59 Å². The number of benzene rings is 1. The number of carbonyl (C=O) groups is 2. The van der Waals surface area contributed by atoms with Crippen LogP contribution in [0.1, 0.15) is 32.4 Å². The molecule has 0 aromatic heterocycles. The van der Waals surface area contributed by atoms with Gasteiger partial charge in [-0.05, 0) is 24.6 Å². The highest BCUT2D eigenvalue weighted by molar-refractivity contribution is 5.75. The fourth-order valence-electron chi connectivity index (χ4n) is 1.99. The largest absolute Gasteiger partial charge is 0.497 e. The first-order valence-electron chi connectivity index (χ1n) is 6.50. The van der Waals surface area contributed by atoms with E-state index in [-0.39, 0.29) is 18.5 Å². The molecule has 1 aromatic rings. The molecule has 1 unspecified atom stereocenters. The van der Waals surface area contributed by atoms with Crippen molar-refractivity contribution >= 4 is 11.9 Å². The summed E-state index contributed by atoms with van der Waals surface area (Å²) in [7, 11) is 1.59. The van der Waals surface area contributed by atoms with Gasteiger partial charge in [0.15, 0.2) is 0 Å². The molecule has 0 spiro atoms. The molecule has 0 aliphatic rings. The summed E-state index contributed by atoms with van der Waals surface area (Å²) >= 11 is 0. The Morgan fingerprint density at radius 1 is 1.25 bits per heavy atom. The van der Waals surface area contributed by atoms with Crippen LogP contribution in [0.25, 0.3) is 0 Å². The van der Waals surface area contributed by atoms with Gasteiger partial charge in [-0.25, -0.2) is 0 Å². The summed E-state index contributed by atoms with van der Waals surface area (Å²) < 4.78 is 5.09. The van der Waals surface area contributed by atoms with Gasteiger partial charge in [-0.1, -0.05) is 19.1 Å². The number of carboxylic acids is 1. The van der Waals surface area contributed by atoms with Crippen LogP contribution in [0.3, 0.4) is 0 Å². The lowest BCUT2D eigenvalue weighted by Crippen LogP contribution is -2.37. The van der Waals surface area contributed by atoms with E-state index in [9.17, 15) is 9.59 Å². The summed E-state index contributed by atoms with van der Waals surface area (Å²) in [4.78, 5) is 24.3. The first kappa shape index (κ1) is 16.0. The molecule has 5 heteroatoms. The standard InChI is InChI=1S/C15H21NO4/c1-10(15(18)19)9-16(12(3)17)11(2)13-5-7-14(20-4)8-6-13/h5-8,10-11H,9H2,1-4H3,(H,18,19)/t10?,11-/m1/s1. The van der Waals surface area contributed by atoms with Gasteiger partial charge in [-0.3, -0.25) is 9.59 Å². The number of carboxylic acid groups (broad SMARTS) is 1. The van der Waals surface area contributed by atoms with Crippen molar-refractivity contribution in [3.05, 3.63) is 29.8 Å². The van der Waals surface area contributed by atoms with E-state index in [1.165, 1.54) is 6.92 Å². The first-order chi connectivity index (χ1) is 9.36. The van der Waals surface area contributed by atoms with Crippen LogP contribution in [0.4, 0.5) is 0 Å². The molecule has 2 atom stereocenters. The number of methoxy groups -OCH3 is 1. The van der Waals surface area contributed by atoms with Crippen molar-refractivity contribution in [2.45, 2.75) is 26.8 Å². The van der Waals surface area contributed by atoms with E-state index in [1.807, 2.05) is 31.2 Å². The predicted octanol–water partition coefficient (Wildman–Crippen LogP) is 2.33. The summed E-state index contributed by atoms with van der Waals surface area (Å²) in [6, 6.07) is 7.23. The fraction of sp³-hybridized carbons (Fsp3) is 0.467. The number of hydrogen-bond donors (Lipinski definition) is 1. The molecule has 0 fully saturated rings. The van der Waals surface area contributed by atoms with Crippen LogP contribution in [-0.4, -0.2) is 35.5 Å². The van der Waals surface area contributed by atoms with E-state index < -0.39 is 11.9 Å². The third-order valence-corrected chi connectivity index (χ3v) is 3.36. The molecule has 1 N–H and O–H groups in total. The van der Waals surface area contributed by atoms with Crippen LogP contribution in [0.15, 0.2) is 24.3 Å². The van der Waals surface area contributed by atoms with Crippen molar-refractivity contribution in [1.29, 1.82) is 0 Å². The first-order valence-corrected chi connectivity index (χ1v) is 6.50. The third-order valence-electron chi connectivity index (χ3n) is 3.36. The number of carbonyl (C=O) groups excluding carboxylic acids is 1. The second-order valence-corrected chi connectivity index (χ2v) is 4.86. The lowest BCUT2D eigenvalue weighted by atomic mass is 10.0. The van der Waals surface area contributed by atoms with E-state index in [4.69, 9.17) is 9.84 Å². The quantitative estimate of drug-likeness (QED) is 0.867. The highest BCUT2D eigenvalue weighted by Crippen LogP contribution is 2.23. The summed E-state index contributed by atoms with van der Waals surface area (Å²) in [5.74, 6) is -0.895. The molecule has 0 aliphatic heterocycles. The molecule has 0 radical (unpaired) electrons. The SMILES string of the molecule is COc1ccc([C@@H](C)N(CC(C)C(=O)O)C(C)=O)cc1. The zero-order valence-corrected chi connectivity index (χ0v) is 12.3. The normalized spacial score (nSPS) is 13.4. The summed E-state index contributed by atoms with van der Waals surface area (Å²) in [5, 5.41) is 8.98. The minimum atomic E-state index is -0.904. The third kappa shape index (κ3) is 3.98. The average Bonchev–Trinajstić information content (AvgIpc) is 2.43. The highest BCUT2D eigenvalue weighted by atomic mass is 16.5. The Kier molecular flexibility index (Phi) is 5.55. The van der Waals surface area contributed by atoms with E-state index in [1.54, 1.807) is 18.9 Å². The molecule has 0 bridgehead atoms. The fourth-order valence-corrected chi connectivity index (χ4v) is 1.99. The van der Waals surface area contributed by atoms with Gasteiger partial charge in [-0.15, -0.1) is 0 Å². The molecule has 5 nitrogen and oxygen atoms in total. The number of rotatable bonds is 6. The Bertz CT molecular complexity index is 469. The van der Waals surface area contributed by atoms with Gasteiger partial charge in [0.25, 0.3) is 0 Å². The van der Waals surface area contributed by atoms with Gasteiger partial charge >= 0.3 is 5.97 Å². The van der Waals surface area contributed by atoms with Crippen LogP contribution >= 0.6 is 0 Å². The van der Waals surface area contributed by atoms with Gasteiger partial charge < -0.3 is 14.7 Å². The van der Waals surface area contributed by atoms with Crippen molar-refractivity contribution in [1.82, 2.24) is 4.90 Å². The molecule has 0 heterocycles. The van der Waals surface area contributed by atoms with Gasteiger partial charge in [0.05, 0.1) is 19.1 Å². The number of amides is 1. The summed E-state index contributed by atoms with van der Waals surface area (Å²) in [6.07, 6.45) is 0. The second-order valence-electron chi connectivity index (χ2n) is 4.86. The van der Waals surface area contributed by atoms with Crippen molar-refractivity contribution in [2.24, 2.45) is 5.92 Å². The highest BCUT2D eigenvalue weighted by Gasteiger charge is 2.23. The lowest BCUT2D eigenvalue weighted by molar-refractivity contribution is -0.143. The molecule has 0 saturated carbocycles.